The molecule has 0 N–H and O–H groups in total. The maximum atomic E-state index is 12.2. The molecule has 0 atom stereocenters. The first-order chi connectivity index (χ1) is 29.5. The number of ether oxygens (including phenoxy) is 2. The molecule has 0 radical (unpaired) electrons. The zero-order valence-electron chi connectivity index (χ0n) is 36.1. The Morgan fingerprint density at radius 3 is 1.75 bits per heavy atom. The second kappa shape index (κ2) is 17.7. The Bertz CT molecular complexity index is 2350. The van der Waals surface area contributed by atoms with Crippen molar-refractivity contribution in [3.05, 3.63) is 151 Å². The summed E-state index contributed by atoms with van der Waals surface area (Å²) in [7, 11) is 0. The summed E-state index contributed by atoms with van der Waals surface area (Å²) in [6, 6.07) is 27.6. The number of nitro benzene ring substituents is 2. The lowest BCUT2D eigenvalue weighted by Crippen LogP contribution is -2.37. The quantitative estimate of drug-likeness (QED) is 0.0707. The second-order valence-electron chi connectivity index (χ2n) is 17.9. The van der Waals surface area contributed by atoms with E-state index < -0.39 is 0 Å². The fourth-order valence-electron chi connectivity index (χ4n) is 10.6. The van der Waals surface area contributed by atoms with Crippen molar-refractivity contribution in [2.24, 2.45) is 0 Å². The minimum atomic E-state index is -0.337. The van der Waals surface area contributed by atoms with Gasteiger partial charge in [0.15, 0.2) is 12.3 Å². The van der Waals surface area contributed by atoms with Crippen LogP contribution in [0.1, 0.15) is 114 Å². The molecule has 2 aliphatic carbocycles. The highest BCUT2D eigenvalue weighted by atomic mass is 16.6. The average Bonchev–Trinajstić information content (AvgIpc) is 3.63. The number of rotatable bonds is 14. The third kappa shape index (κ3) is 8.46. The highest BCUT2D eigenvalue weighted by Gasteiger charge is 2.52. The van der Waals surface area contributed by atoms with Gasteiger partial charge in [-0.25, -0.2) is 0 Å². The summed E-state index contributed by atoms with van der Waals surface area (Å²) >= 11 is 0. The third-order valence-corrected chi connectivity index (χ3v) is 13.3. The minimum absolute atomic E-state index is 0.0981. The molecule has 8 rings (SSSR count). The number of hydrogen-bond donors (Lipinski definition) is 0. The summed E-state index contributed by atoms with van der Waals surface area (Å²) in [4.78, 5) is 26.3. The first-order valence-corrected chi connectivity index (χ1v) is 22.4. The van der Waals surface area contributed by atoms with E-state index >= 15 is 0 Å². The Kier molecular flexibility index (Phi) is 12.2. The van der Waals surface area contributed by atoms with Crippen molar-refractivity contribution in [2.45, 2.75) is 128 Å². The number of fused-ring (bicyclic) bond motifs is 4. The largest absolute Gasteiger partial charge is 0.491 e. The van der Waals surface area contributed by atoms with Gasteiger partial charge in [-0.2, -0.15) is 4.58 Å². The van der Waals surface area contributed by atoms with Crippen LogP contribution < -0.4 is 14.4 Å². The normalized spacial score (nSPS) is 18.5. The van der Waals surface area contributed by atoms with Crippen LogP contribution >= 0.6 is 0 Å². The fourth-order valence-corrected chi connectivity index (χ4v) is 10.6. The van der Waals surface area contributed by atoms with Crippen LogP contribution in [0, 0.1) is 20.2 Å². The summed E-state index contributed by atoms with van der Waals surface area (Å²) in [5.41, 5.74) is 8.59. The van der Waals surface area contributed by atoms with Crippen LogP contribution in [-0.4, -0.2) is 45.4 Å². The van der Waals surface area contributed by atoms with Crippen molar-refractivity contribution in [1.29, 1.82) is 0 Å². The number of allylic oxidation sites excluding steroid dienone is 4. The van der Waals surface area contributed by atoms with Gasteiger partial charge in [-0.05, 0) is 113 Å². The highest BCUT2D eigenvalue weighted by molar-refractivity contribution is 6.04. The molecule has 318 valence electrons. The van der Waals surface area contributed by atoms with E-state index in [0.29, 0.717) is 0 Å². The van der Waals surface area contributed by atoms with Gasteiger partial charge >= 0.3 is 0 Å². The SMILES string of the molecule is CC(C)Oc1ccc(CCN2/C(=C/C=C/C3=[N+](CCc4ccc(OC(C)C)cc4)c4ccc([N+](=O)[O-])cc4C34CCCCC4)C3(CCCCC3)c3cc([N+](=O)[O-])ccc32)cc1. The summed E-state index contributed by atoms with van der Waals surface area (Å²) in [5.74, 6) is 1.70. The molecule has 4 aromatic rings. The smallest absolute Gasteiger partial charge is 0.270 e. The Morgan fingerprint density at radius 2 is 1.20 bits per heavy atom. The molecule has 0 amide bonds. The van der Waals surface area contributed by atoms with Gasteiger partial charge in [0.05, 0.1) is 27.5 Å². The summed E-state index contributed by atoms with van der Waals surface area (Å²) < 4.78 is 14.3. The second-order valence-corrected chi connectivity index (χ2v) is 17.9. The van der Waals surface area contributed by atoms with Crippen molar-refractivity contribution < 1.29 is 23.9 Å². The lowest BCUT2D eigenvalue weighted by atomic mass is 9.67. The molecule has 0 bridgehead atoms. The first kappa shape index (κ1) is 41.9. The molecule has 0 saturated heterocycles. The molecule has 10 nitrogen and oxygen atoms in total. The van der Waals surface area contributed by atoms with Gasteiger partial charge in [0, 0.05) is 71.7 Å². The predicted molar refractivity (Wildman–Crippen MR) is 242 cm³/mol. The average molecular weight is 824 g/mol. The number of hydrogen-bond acceptors (Lipinski definition) is 7. The monoisotopic (exact) mass is 823 g/mol. The number of nitro groups is 2. The van der Waals surface area contributed by atoms with Crippen LogP contribution in [0.2, 0.25) is 0 Å². The van der Waals surface area contributed by atoms with Gasteiger partial charge in [0.25, 0.3) is 11.4 Å². The van der Waals surface area contributed by atoms with E-state index in [1.54, 1.807) is 12.1 Å². The molecular formula is C51H59N4O6+. The van der Waals surface area contributed by atoms with Crippen LogP contribution in [0.5, 0.6) is 11.5 Å². The van der Waals surface area contributed by atoms with Gasteiger partial charge in [-0.15, -0.1) is 0 Å². The van der Waals surface area contributed by atoms with Gasteiger partial charge in [-0.1, -0.05) is 68.9 Å². The van der Waals surface area contributed by atoms with Crippen molar-refractivity contribution >= 4 is 28.5 Å². The molecular weight excluding hydrogens is 765 g/mol. The molecule has 4 aromatic carbocycles. The van der Waals surface area contributed by atoms with Gasteiger partial charge in [-0.3, -0.25) is 20.2 Å². The lowest BCUT2D eigenvalue weighted by Gasteiger charge is -2.37. The molecule has 10 heteroatoms. The summed E-state index contributed by atoms with van der Waals surface area (Å²) in [6.45, 7) is 9.55. The van der Waals surface area contributed by atoms with Crippen molar-refractivity contribution in [1.82, 2.24) is 0 Å². The van der Waals surface area contributed by atoms with Crippen molar-refractivity contribution in [3.63, 3.8) is 0 Å². The standard InChI is InChI=1S/C51H59N4O6/c1-36(2)60-42-20-14-38(15-21-42)26-32-52-46-24-18-40(54(56)57)34-44(46)50(28-7-5-8-29-50)48(52)12-11-13-49-51(30-9-6-10-31-51)45-35-41(55(58)59)19-25-47(45)53(49)33-27-39-16-22-43(23-17-39)61-37(3)4/h11-25,34-37H,5-10,26-33H2,1-4H3/q+1. The third-order valence-electron chi connectivity index (χ3n) is 13.3. The number of anilines is 1. The number of nitrogens with zero attached hydrogens (tertiary/aromatic N) is 4. The Labute approximate surface area is 359 Å². The van der Waals surface area contributed by atoms with E-state index in [9.17, 15) is 20.2 Å². The fraction of sp³-hybridized carbons (Fsp3) is 0.431. The molecule has 2 saturated carbocycles. The van der Waals surface area contributed by atoms with Gasteiger partial charge in [0.1, 0.15) is 11.5 Å². The van der Waals surface area contributed by atoms with Crippen molar-refractivity contribution in [3.8, 4) is 11.5 Å². The van der Waals surface area contributed by atoms with Gasteiger partial charge in [0.2, 0.25) is 5.69 Å². The molecule has 2 spiro atoms. The van der Waals surface area contributed by atoms with Crippen molar-refractivity contribution in [2.75, 3.05) is 18.0 Å². The molecule has 61 heavy (non-hydrogen) atoms. The summed E-state index contributed by atoms with van der Waals surface area (Å²) in [6.07, 6.45) is 18.8. The molecule has 4 aliphatic rings. The van der Waals surface area contributed by atoms with E-state index in [2.05, 4.69) is 52.0 Å². The maximum absolute atomic E-state index is 12.2. The minimum Gasteiger partial charge on any atom is -0.491 e. The van der Waals surface area contributed by atoms with E-state index in [-0.39, 0.29) is 44.3 Å². The van der Waals surface area contributed by atoms with E-state index in [4.69, 9.17) is 9.47 Å². The molecule has 0 unspecified atom stereocenters. The van der Waals surface area contributed by atoms with Crippen LogP contribution in [-0.2, 0) is 23.7 Å². The Balaban J connectivity index is 1.21. The molecule has 2 heterocycles. The predicted octanol–water partition coefficient (Wildman–Crippen LogP) is 12.0. The van der Waals surface area contributed by atoms with Crippen LogP contribution in [0.25, 0.3) is 0 Å². The highest BCUT2D eigenvalue weighted by Crippen LogP contribution is 2.56. The van der Waals surface area contributed by atoms with E-state index in [1.807, 2.05) is 76.2 Å². The van der Waals surface area contributed by atoms with Crippen LogP contribution in [0.15, 0.2) is 109 Å². The number of non-ortho nitro benzene ring substituents is 2. The molecule has 0 aromatic heterocycles. The Morgan fingerprint density at radius 1 is 0.672 bits per heavy atom. The summed E-state index contributed by atoms with van der Waals surface area (Å²) in [5, 5.41) is 24.4. The van der Waals surface area contributed by atoms with E-state index in [0.717, 1.165) is 124 Å². The first-order valence-electron chi connectivity index (χ1n) is 22.4. The molecule has 2 fully saturated rings. The van der Waals surface area contributed by atoms with Crippen LogP contribution in [0.3, 0.4) is 0 Å². The molecule has 2 aliphatic heterocycles. The maximum Gasteiger partial charge on any atom is 0.270 e. The van der Waals surface area contributed by atoms with Gasteiger partial charge < -0.3 is 14.4 Å². The zero-order valence-corrected chi connectivity index (χ0v) is 36.1. The Hall–Kier alpha value is -5.77. The lowest BCUT2D eigenvalue weighted by molar-refractivity contribution is -0.437. The van der Waals surface area contributed by atoms with E-state index in [1.165, 1.54) is 22.5 Å². The zero-order chi connectivity index (χ0) is 42.7. The number of benzene rings is 4. The van der Waals surface area contributed by atoms with Crippen LogP contribution in [0.4, 0.5) is 22.7 Å². The topological polar surface area (TPSA) is 111 Å².